The number of amides is 3. The van der Waals surface area contributed by atoms with Crippen LogP contribution in [0.1, 0.15) is 32.7 Å². The highest BCUT2D eigenvalue weighted by atomic mass is 16.5. The molecule has 1 heterocycles. The molecule has 1 aliphatic heterocycles. The number of nitrogens with zero attached hydrogens (tertiary/aromatic N) is 1. The molecule has 0 atom stereocenters. The lowest BCUT2D eigenvalue weighted by atomic mass is 10.1. The Balaban J connectivity index is 1.47. The Bertz CT molecular complexity index is 874. The molecule has 0 fully saturated rings. The number of hydrogen-bond acceptors (Lipinski definition) is 5. The maximum Gasteiger partial charge on any atom is 0.261 e. The Morgan fingerprint density at radius 3 is 2.21 bits per heavy atom. The zero-order chi connectivity index (χ0) is 20.1. The van der Waals surface area contributed by atoms with Gasteiger partial charge in [0.05, 0.1) is 25.3 Å². The molecule has 0 aromatic heterocycles. The molecule has 7 nitrogen and oxygen atoms in total. The zero-order valence-electron chi connectivity index (χ0n) is 15.9. The number of rotatable bonds is 8. The maximum absolute atomic E-state index is 12.3. The van der Waals surface area contributed by atoms with Crippen LogP contribution in [0.3, 0.4) is 0 Å². The van der Waals surface area contributed by atoms with Crippen LogP contribution in [0.15, 0.2) is 42.5 Å². The molecule has 2 aromatic rings. The van der Waals surface area contributed by atoms with Crippen molar-refractivity contribution in [2.45, 2.75) is 12.8 Å². The van der Waals surface area contributed by atoms with Gasteiger partial charge < -0.3 is 14.8 Å². The SMILES string of the molecule is COc1ccc(CCC(=O)NCCN2C(=O)c3ccccc3C2=O)cc1OC. The predicted octanol–water partition coefficient (Wildman–Crippen LogP) is 2.05. The highest BCUT2D eigenvalue weighted by Crippen LogP contribution is 2.28. The first-order valence-electron chi connectivity index (χ1n) is 8.98. The summed E-state index contributed by atoms with van der Waals surface area (Å²) in [5, 5.41) is 2.76. The topological polar surface area (TPSA) is 84.9 Å². The monoisotopic (exact) mass is 382 g/mol. The third-order valence-corrected chi connectivity index (χ3v) is 4.62. The van der Waals surface area contributed by atoms with Crippen molar-refractivity contribution in [2.24, 2.45) is 0 Å². The number of nitrogens with one attached hydrogen (secondary N) is 1. The summed E-state index contributed by atoms with van der Waals surface area (Å²) in [6.45, 7) is 0.366. The van der Waals surface area contributed by atoms with Gasteiger partial charge in [-0.2, -0.15) is 0 Å². The maximum atomic E-state index is 12.3. The van der Waals surface area contributed by atoms with E-state index >= 15 is 0 Å². The lowest BCUT2D eigenvalue weighted by Crippen LogP contribution is -2.38. The number of imide groups is 1. The molecule has 0 radical (unpaired) electrons. The summed E-state index contributed by atoms with van der Waals surface area (Å²) in [6.07, 6.45) is 0.830. The molecule has 0 saturated heterocycles. The molecule has 0 bridgehead atoms. The predicted molar refractivity (Wildman–Crippen MR) is 103 cm³/mol. The molecule has 0 unspecified atom stereocenters. The van der Waals surface area contributed by atoms with Crippen LogP contribution in [-0.4, -0.2) is 49.9 Å². The minimum Gasteiger partial charge on any atom is -0.493 e. The lowest BCUT2D eigenvalue weighted by Gasteiger charge is -2.14. The summed E-state index contributed by atoms with van der Waals surface area (Å²) in [5.74, 6) is 0.467. The van der Waals surface area contributed by atoms with Crippen molar-refractivity contribution in [3.8, 4) is 11.5 Å². The molecular formula is C21H22N2O5. The fraction of sp³-hybridized carbons (Fsp3) is 0.286. The smallest absolute Gasteiger partial charge is 0.261 e. The Hall–Kier alpha value is -3.35. The third-order valence-electron chi connectivity index (χ3n) is 4.62. The van der Waals surface area contributed by atoms with E-state index in [0.29, 0.717) is 29.0 Å². The van der Waals surface area contributed by atoms with Gasteiger partial charge >= 0.3 is 0 Å². The zero-order valence-corrected chi connectivity index (χ0v) is 15.9. The van der Waals surface area contributed by atoms with Gasteiger partial charge in [0, 0.05) is 19.5 Å². The second-order valence-corrected chi connectivity index (χ2v) is 6.35. The van der Waals surface area contributed by atoms with E-state index in [4.69, 9.17) is 9.47 Å². The molecule has 3 amide bonds. The minimum absolute atomic E-state index is 0.147. The van der Waals surface area contributed by atoms with E-state index in [9.17, 15) is 14.4 Å². The highest BCUT2D eigenvalue weighted by molar-refractivity contribution is 6.21. The number of carbonyl (C=O) groups excluding carboxylic acids is 3. The Morgan fingerprint density at radius 2 is 1.61 bits per heavy atom. The Kier molecular flexibility index (Phi) is 5.93. The number of hydrogen-bond donors (Lipinski definition) is 1. The average molecular weight is 382 g/mol. The van der Waals surface area contributed by atoms with E-state index in [2.05, 4.69) is 5.32 Å². The van der Waals surface area contributed by atoms with Crippen molar-refractivity contribution in [3.63, 3.8) is 0 Å². The fourth-order valence-electron chi connectivity index (χ4n) is 3.13. The first-order valence-corrected chi connectivity index (χ1v) is 8.98. The number of fused-ring (bicyclic) bond motifs is 1. The van der Waals surface area contributed by atoms with Crippen LogP contribution >= 0.6 is 0 Å². The molecule has 28 heavy (non-hydrogen) atoms. The lowest BCUT2D eigenvalue weighted by molar-refractivity contribution is -0.121. The van der Waals surface area contributed by atoms with Crippen LogP contribution in [0.5, 0.6) is 11.5 Å². The first kappa shape index (κ1) is 19.4. The van der Waals surface area contributed by atoms with E-state index < -0.39 is 0 Å². The van der Waals surface area contributed by atoms with E-state index in [-0.39, 0.29) is 37.2 Å². The van der Waals surface area contributed by atoms with Gasteiger partial charge in [0.15, 0.2) is 11.5 Å². The molecule has 3 rings (SSSR count). The van der Waals surface area contributed by atoms with Crippen LogP contribution < -0.4 is 14.8 Å². The van der Waals surface area contributed by atoms with Crippen LogP contribution in [-0.2, 0) is 11.2 Å². The standard InChI is InChI=1S/C21H22N2O5/c1-27-17-9-7-14(13-18(17)28-2)8-10-19(24)22-11-12-23-20(25)15-5-3-4-6-16(15)21(23)26/h3-7,9,13H,8,10-12H2,1-2H3,(H,22,24). The molecule has 0 spiro atoms. The Morgan fingerprint density at radius 1 is 0.964 bits per heavy atom. The van der Waals surface area contributed by atoms with Crippen LogP contribution in [0.25, 0.3) is 0 Å². The summed E-state index contributed by atoms with van der Waals surface area (Å²) in [7, 11) is 3.13. The third kappa shape index (κ3) is 3.98. The van der Waals surface area contributed by atoms with Gasteiger partial charge in [-0.3, -0.25) is 19.3 Å². The van der Waals surface area contributed by atoms with Gasteiger partial charge in [0.1, 0.15) is 0 Å². The van der Waals surface area contributed by atoms with Gasteiger partial charge in [0.2, 0.25) is 5.91 Å². The van der Waals surface area contributed by atoms with Gasteiger partial charge in [-0.1, -0.05) is 18.2 Å². The summed E-state index contributed by atoms with van der Waals surface area (Å²) in [6, 6.07) is 12.2. The number of methoxy groups -OCH3 is 2. The molecule has 1 N–H and O–H groups in total. The van der Waals surface area contributed by atoms with Crippen molar-refractivity contribution in [2.75, 3.05) is 27.3 Å². The van der Waals surface area contributed by atoms with E-state index in [0.717, 1.165) is 5.56 Å². The molecule has 7 heteroatoms. The fourth-order valence-corrected chi connectivity index (χ4v) is 3.13. The highest BCUT2D eigenvalue weighted by Gasteiger charge is 2.34. The number of ether oxygens (including phenoxy) is 2. The first-order chi connectivity index (χ1) is 13.5. The second-order valence-electron chi connectivity index (χ2n) is 6.35. The van der Waals surface area contributed by atoms with Crippen molar-refractivity contribution in [1.82, 2.24) is 10.2 Å². The van der Waals surface area contributed by atoms with E-state index in [1.165, 1.54) is 4.90 Å². The number of carbonyl (C=O) groups is 3. The quantitative estimate of drug-likeness (QED) is 0.707. The normalized spacial score (nSPS) is 12.7. The average Bonchev–Trinajstić information content (AvgIpc) is 2.97. The Labute approximate surface area is 163 Å². The molecule has 0 aliphatic carbocycles. The largest absolute Gasteiger partial charge is 0.493 e. The molecular weight excluding hydrogens is 360 g/mol. The molecule has 146 valence electrons. The summed E-state index contributed by atoms with van der Waals surface area (Å²) in [4.78, 5) is 37.8. The van der Waals surface area contributed by atoms with Gasteiger partial charge in [-0.15, -0.1) is 0 Å². The number of benzene rings is 2. The van der Waals surface area contributed by atoms with Gasteiger partial charge in [-0.05, 0) is 36.2 Å². The van der Waals surface area contributed by atoms with Crippen molar-refractivity contribution >= 4 is 17.7 Å². The summed E-state index contributed by atoms with van der Waals surface area (Å²) < 4.78 is 10.5. The van der Waals surface area contributed by atoms with Crippen molar-refractivity contribution < 1.29 is 23.9 Å². The number of aryl methyl sites for hydroxylation is 1. The van der Waals surface area contributed by atoms with Crippen molar-refractivity contribution in [1.29, 1.82) is 0 Å². The van der Waals surface area contributed by atoms with E-state index in [1.54, 1.807) is 44.6 Å². The van der Waals surface area contributed by atoms with Crippen LogP contribution in [0.4, 0.5) is 0 Å². The van der Waals surface area contributed by atoms with E-state index in [1.807, 2.05) is 12.1 Å². The summed E-state index contributed by atoms with van der Waals surface area (Å²) >= 11 is 0. The minimum atomic E-state index is -0.319. The van der Waals surface area contributed by atoms with Gasteiger partial charge in [0.25, 0.3) is 11.8 Å². The second kappa shape index (κ2) is 8.56. The summed E-state index contributed by atoms with van der Waals surface area (Å²) in [5.41, 5.74) is 1.77. The van der Waals surface area contributed by atoms with Gasteiger partial charge in [-0.25, -0.2) is 0 Å². The van der Waals surface area contributed by atoms with Crippen LogP contribution in [0, 0.1) is 0 Å². The molecule has 2 aromatic carbocycles. The molecule has 0 saturated carbocycles. The van der Waals surface area contributed by atoms with Crippen molar-refractivity contribution in [3.05, 3.63) is 59.2 Å². The molecule has 1 aliphatic rings. The van der Waals surface area contributed by atoms with Crippen LogP contribution in [0.2, 0.25) is 0 Å².